The smallest absolute Gasteiger partial charge is 0.269 e. The number of rotatable bonds is 18. The van der Waals surface area contributed by atoms with Crippen molar-refractivity contribution in [2.75, 3.05) is 17.9 Å². The highest BCUT2D eigenvalue weighted by molar-refractivity contribution is 9.10. The molecule has 2 N–H and O–H groups in total. The van der Waals surface area contributed by atoms with E-state index in [-0.39, 0.29) is 20.7 Å². The Morgan fingerprint density at radius 1 is 0.949 bits per heavy atom. The number of nitrogens with one attached hydrogen (secondary N) is 2. The van der Waals surface area contributed by atoms with Gasteiger partial charge < -0.3 is 23.1 Å². The van der Waals surface area contributed by atoms with Gasteiger partial charge in [0.1, 0.15) is 12.8 Å². The van der Waals surface area contributed by atoms with Crippen LogP contribution in [0.5, 0.6) is 0 Å². The van der Waals surface area contributed by atoms with E-state index in [0.29, 0.717) is 42.2 Å². The van der Waals surface area contributed by atoms with Gasteiger partial charge in [-0.1, -0.05) is 97.0 Å². The minimum Gasteiger partial charge on any atom is -0.414 e. The molecule has 17 heteroatoms. The lowest BCUT2D eigenvalue weighted by Crippen LogP contribution is -2.46. The fourth-order valence-corrected chi connectivity index (χ4v) is 10.3. The number of aromatic nitrogens is 3. The van der Waals surface area contributed by atoms with Gasteiger partial charge in [0.15, 0.2) is 16.6 Å². The summed E-state index contributed by atoms with van der Waals surface area (Å²) in [6.45, 7) is 35.0. The Morgan fingerprint density at radius 3 is 2.12 bits per heavy atom. The Morgan fingerprint density at radius 2 is 1.56 bits per heavy atom. The number of nitro groups is 1. The zero-order valence-corrected chi connectivity index (χ0v) is 43.1. The molecular weight excluding hydrogens is 883 g/mol. The molecule has 12 nitrogen and oxygen atoms in total. The van der Waals surface area contributed by atoms with E-state index in [9.17, 15) is 18.5 Å². The van der Waals surface area contributed by atoms with Gasteiger partial charge in [0, 0.05) is 47.6 Å². The summed E-state index contributed by atoms with van der Waals surface area (Å²) >= 11 is 3.54. The van der Waals surface area contributed by atoms with Crippen molar-refractivity contribution in [2.24, 2.45) is 0 Å². The number of halogens is 1. The quantitative estimate of drug-likeness (QED) is 0.0433. The Labute approximate surface area is 363 Å². The van der Waals surface area contributed by atoms with Crippen molar-refractivity contribution in [1.29, 1.82) is 0 Å². The Kier molecular flexibility index (Phi) is 14.7. The van der Waals surface area contributed by atoms with E-state index in [1.54, 1.807) is 0 Å². The standard InChI is InChI=1S/C42H66BrN5O7SSi3/c1-40(2,3)58(12,13)54-27-36(55-59(14,15)41(4,5)6)38-39(44-28-47(38)29-53-24-25-57(9,10)11)42(7,8)23-22-34-37(33-21-16-30(43)26-35(33)45-34)46-56(51,52)32-19-17-31(18-20-32)48(49)50/h16-23,26,28,36,45-46H,24-25,27,29H2,1-15H3/b23-22+. The summed E-state index contributed by atoms with van der Waals surface area (Å²) < 4.78 is 53.8. The van der Waals surface area contributed by atoms with Crippen LogP contribution in [0.3, 0.4) is 0 Å². The van der Waals surface area contributed by atoms with Crippen molar-refractivity contribution in [3.8, 4) is 0 Å². The number of non-ortho nitro benzene ring substituents is 1. The maximum atomic E-state index is 13.8. The molecule has 2 heterocycles. The number of hydrogen-bond donors (Lipinski definition) is 2. The van der Waals surface area contributed by atoms with Gasteiger partial charge in [-0.15, -0.1) is 0 Å². The number of nitrogens with zero attached hydrogens (tertiary/aromatic N) is 3. The fraction of sp³-hybridized carbons (Fsp3) is 0.548. The number of anilines is 1. The third kappa shape index (κ3) is 12.1. The number of H-pyrrole nitrogens is 1. The molecule has 0 radical (unpaired) electrons. The van der Waals surface area contributed by atoms with E-state index in [2.05, 4.69) is 131 Å². The van der Waals surface area contributed by atoms with E-state index in [1.165, 1.54) is 24.3 Å². The molecule has 2 aromatic heterocycles. The SMILES string of the molecule is CC(C)(/C=C/c1[nH]c2cc(Br)ccc2c1NS(=O)(=O)c1ccc([N+](=O)[O-])cc1)c1ncn(COCC[Si](C)(C)C)c1C(CO[Si](C)(C)C(C)(C)C)O[Si](C)(C)C(C)(C)C. The first-order valence-corrected chi connectivity index (χ1v) is 31.9. The van der Waals surface area contributed by atoms with Crippen molar-refractivity contribution in [2.45, 2.75) is 140 Å². The molecule has 4 aromatic rings. The van der Waals surface area contributed by atoms with Crippen LogP contribution < -0.4 is 4.72 Å². The lowest BCUT2D eigenvalue weighted by molar-refractivity contribution is -0.384. The third-order valence-corrected chi connectivity index (χ3v) is 24.3. The predicted molar refractivity (Wildman–Crippen MR) is 252 cm³/mol. The van der Waals surface area contributed by atoms with Crippen molar-refractivity contribution in [3.63, 3.8) is 0 Å². The topological polar surface area (TPSA) is 151 Å². The second-order valence-electron chi connectivity index (χ2n) is 20.2. The van der Waals surface area contributed by atoms with Crippen LogP contribution in [0, 0.1) is 10.1 Å². The molecule has 0 amide bonds. The molecule has 0 spiro atoms. The number of imidazole rings is 1. The highest BCUT2D eigenvalue weighted by atomic mass is 79.9. The van der Waals surface area contributed by atoms with Crippen LogP contribution in [0.1, 0.15) is 78.6 Å². The van der Waals surface area contributed by atoms with Crippen LogP contribution in [0.25, 0.3) is 17.0 Å². The van der Waals surface area contributed by atoms with Crippen molar-refractivity contribution in [1.82, 2.24) is 14.5 Å². The van der Waals surface area contributed by atoms with Crippen molar-refractivity contribution >= 4 is 79.0 Å². The van der Waals surface area contributed by atoms with Crippen LogP contribution in [-0.2, 0) is 35.8 Å². The van der Waals surface area contributed by atoms with E-state index < -0.39 is 51.2 Å². The van der Waals surface area contributed by atoms with Crippen LogP contribution in [0.15, 0.2) is 64.2 Å². The number of ether oxygens (including phenoxy) is 1. The van der Waals surface area contributed by atoms with Gasteiger partial charge in [0.25, 0.3) is 15.7 Å². The van der Waals surface area contributed by atoms with Crippen LogP contribution in [0.4, 0.5) is 11.4 Å². The summed E-state index contributed by atoms with van der Waals surface area (Å²) in [5.41, 5.74) is 2.40. The first-order valence-electron chi connectivity index (χ1n) is 20.1. The first-order chi connectivity index (χ1) is 26.9. The zero-order valence-electron chi connectivity index (χ0n) is 37.7. The molecule has 1 atom stereocenters. The minimum atomic E-state index is -4.14. The molecule has 0 saturated heterocycles. The molecule has 0 aliphatic heterocycles. The molecule has 4 rings (SSSR count). The molecular formula is C42H66BrN5O7SSi3. The second kappa shape index (κ2) is 17.8. The highest BCUT2D eigenvalue weighted by Crippen LogP contribution is 2.44. The van der Waals surface area contributed by atoms with Gasteiger partial charge in [0.05, 0.1) is 45.5 Å². The van der Waals surface area contributed by atoms with Gasteiger partial charge in [-0.2, -0.15) is 0 Å². The monoisotopic (exact) mass is 947 g/mol. The number of nitro benzene ring substituents is 1. The number of hydrogen-bond acceptors (Lipinski definition) is 8. The normalized spacial score (nSPS) is 14.4. The number of sulfonamides is 1. The summed E-state index contributed by atoms with van der Waals surface area (Å²) in [5, 5.41) is 11.8. The van der Waals surface area contributed by atoms with Crippen LogP contribution in [0.2, 0.25) is 61.9 Å². The lowest BCUT2D eigenvalue weighted by Gasteiger charge is -2.42. The van der Waals surface area contributed by atoms with Gasteiger partial charge >= 0.3 is 0 Å². The molecule has 0 aliphatic rings. The summed E-state index contributed by atoms with van der Waals surface area (Å²) in [5.74, 6) is 0. The molecule has 0 fully saturated rings. The fourth-order valence-electron chi connectivity index (χ4n) is 5.81. The zero-order chi connectivity index (χ0) is 44.6. The third-order valence-electron chi connectivity index (χ3n) is 11.7. The van der Waals surface area contributed by atoms with E-state index >= 15 is 0 Å². The van der Waals surface area contributed by atoms with Gasteiger partial charge in [-0.3, -0.25) is 14.8 Å². The predicted octanol–water partition coefficient (Wildman–Crippen LogP) is 12.2. The summed E-state index contributed by atoms with van der Waals surface area (Å²) in [6, 6.07) is 11.4. The average molecular weight is 949 g/mol. The summed E-state index contributed by atoms with van der Waals surface area (Å²) in [6.07, 6.45) is 5.31. The van der Waals surface area contributed by atoms with E-state index in [1.807, 2.05) is 36.7 Å². The first kappa shape index (κ1) is 48.8. The molecule has 0 aliphatic carbocycles. The minimum absolute atomic E-state index is 0.00751. The van der Waals surface area contributed by atoms with Gasteiger partial charge in [0.2, 0.25) is 0 Å². The number of fused-ring (bicyclic) bond motifs is 1. The molecule has 0 saturated carbocycles. The summed E-state index contributed by atoms with van der Waals surface area (Å²) in [4.78, 5) is 19.1. The number of allylic oxidation sites excluding steroid dienone is 1. The Balaban J connectivity index is 1.85. The largest absolute Gasteiger partial charge is 0.414 e. The van der Waals surface area contributed by atoms with Gasteiger partial charge in [-0.25, -0.2) is 13.4 Å². The second-order valence-corrected chi connectivity index (χ2v) is 38.0. The Hall–Kier alpha value is -2.91. The molecule has 326 valence electrons. The average Bonchev–Trinajstić information content (AvgIpc) is 3.67. The highest BCUT2D eigenvalue weighted by Gasteiger charge is 2.44. The maximum absolute atomic E-state index is 13.8. The lowest BCUT2D eigenvalue weighted by atomic mass is 9.86. The van der Waals surface area contributed by atoms with Crippen molar-refractivity contribution < 1.29 is 26.9 Å². The molecule has 1 unspecified atom stereocenters. The molecule has 59 heavy (non-hydrogen) atoms. The van der Waals surface area contributed by atoms with E-state index in [4.69, 9.17) is 18.6 Å². The van der Waals surface area contributed by atoms with Gasteiger partial charge in [-0.05, 0) is 78.7 Å². The number of benzene rings is 2. The van der Waals surface area contributed by atoms with E-state index in [0.717, 1.165) is 21.9 Å². The summed E-state index contributed by atoms with van der Waals surface area (Å²) in [7, 11) is -10.0. The van der Waals surface area contributed by atoms with Crippen LogP contribution >= 0.6 is 15.9 Å². The Bertz CT molecular complexity index is 2250. The van der Waals surface area contributed by atoms with Crippen LogP contribution in [-0.4, -0.2) is 65.8 Å². The molecule has 0 bridgehead atoms. The van der Waals surface area contributed by atoms with Crippen molar-refractivity contribution in [3.05, 3.63) is 86.5 Å². The maximum Gasteiger partial charge on any atom is 0.269 e. The molecule has 2 aromatic carbocycles. The number of aromatic amines is 1.